The molecule has 30 valence electrons. The summed E-state index contributed by atoms with van der Waals surface area (Å²) in [5, 5.41) is 3.79. The van der Waals surface area contributed by atoms with Crippen molar-refractivity contribution < 1.29 is 0 Å². The van der Waals surface area contributed by atoms with Gasteiger partial charge in [-0.1, -0.05) is 0 Å². The molecule has 0 aromatic rings. The Labute approximate surface area is 37.4 Å². The van der Waals surface area contributed by atoms with Crippen molar-refractivity contribution in [2.75, 3.05) is 0 Å². The fourth-order valence-electron chi connectivity index (χ4n) is 0.334. The van der Waals surface area contributed by atoms with E-state index in [0.717, 1.165) is 5.70 Å². The molecule has 0 fully saturated rings. The SMILES string of the molecule is CC1=CC=[C][N]1. The van der Waals surface area contributed by atoms with Crippen molar-refractivity contribution >= 4 is 0 Å². The molecule has 2 radical (unpaired) electrons. The normalized spacial score (nSPS) is 17.2. The molecular weight excluding hydrogens is 74.1 g/mol. The third kappa shape index (κ3) is 0.432. The van der Waals surface area contributed by atoms with Crippen LogP contribution in [0.5, 0.6) is 0 Å². The molecule has 1 heteroatoms. The Morgan fingerprint density at radius 2 is 2.67 bits per heavy atom. The van der Waals surface area contributed by atoms with Crippen LogP contribution in [0.15, 0.2) is 17.8 Å². The fourth-order valence-corrected chi connectivity index (χ4v) is 0.334. The maximum absolute atomic E-state index is 3.79. The molecule has 0 N–H and O–H groups in total. The van der Waals surface area contributed by atoms with E-state index < -0.39 is 0 Å². The highest BCUT2D eigenvalue weighted by molar-refractivity contribution is 5.13. The zero-order valence-corrected chi connectivity index (χ0v) is 3.60. The van der Waals surface area contributed by atoms with Crippen molar-refractivity contribution in [3.63, 3.8) is 0 Å². The van der Waals surface area contributed by atoms with Gasteiger partial charge < -0.3 is 0 Å². The number of hydrogen-bond donors (Lipinski definition) is 0. The second-order valence-electron chi connectivity index (χ2n) is 1.22. The van der Waals surface area contributed by atoms with Gasteiger partial charge in [0.2, 0.25) is 0 Å². The Hall–Kier alpha value is -0.720. The Morgan fingerprint density at radius 3 is 2.83 bits per heavy atom. The molecule has 0 unspecified atom stereocenters. The Bertz CT molecular complexity index is 101. The van der Waals surface area contributed by atoms with E-state index in [1.807, 2.05) is 13.0 Å². The molecule has 1 aliphatic rings. The molecule has 0 spiro atoms. The van der Waals surface area contributed by atoms with Crippen molar-refractivity contribution in [2.24, 2.45) is 0 Å². The maximum atomic E-state index is 3.79. The number of rotatable bonds is 0. The zero-order chi connectivity index (χ0) is 4.41. The fraction of sp³-hybridized carbons (Fsp3) is 0.200. The van der Waals surface area contributed by atoms with Crippen LogP contribution in [0.2, 0.25) is 0 Å². The summed E-state index contributed by atoms with van der Waals surface area (Å²) in [6, 6.07) is 0. The number of nitrogens with zero attached hydrogens (tertiary/aromatic N) is 1. The van der Waals surface area contributed by atoms with Gasteiger partial charge in [-0.05, 0) is 19.1 Å². The molecular formula is C5H5N. The summed E-state index contributed by atoms with van der Waals surface area (Å²) in [5.74, 6) is 0. The Balaban J connectivity index is 2.61. The van der Waals surface area contributed by atoms with Gasteiger partial charge in [-0.15, -0.1) is 0 Å². The highest BCUT2D eigenvalue weighted by Crippen LogP contribution is 1.94. The van der Waals surface area contributed by atoms with Crippen molar-refractivity contribution in [1.29, 1.82) is 0 Å². The minimum absolute atomic E-state index is 1.04. The summed E-state index contributed by atoms with van der Waals surface area (Å²) < 4.78 is 0. The highest BCUT2D eigenvalue weighted by Gasteiger charge is 1.87. The van der Waals surface area contributed by atoms with Crippen LogP contribution in [-0.4, -0.2) is 0 Å². The van der Waals surface area contributed by atoms with Gasteiger partial charge in [-0.3, -0.25) is 5.32 Å². The van der Waals surface area contributed by atoms with Crippen LogP contribution < -0.4 is 5.32 Å². The molecule has 0 saturated carbocycles. The van der Waals surface area contributed by atoms with E-state index in [1.54, 1.807) is 6.08 Å². The average Bonchev–Trinajstić information content (AvgIpc) is 1.86. The van der Waals surface area contributed by atoms with Gasteiger partial charge in [0.25, 0.3) is 0 Å². The smallest absolute Gasteiger partial charge is 0.0890 e. The van der Waals surface area contributed by atoms with Crippen molar-refractivity contribution in [3.8, 4) is 0 Å². The van der Waals surface area contributed by atoms with E-state index in [-0.39, 0.29) is 0 Å². The Morgan fingerprint density at radius 1 is 1.83 bits per heavy atom. The van der Waals surface area contributed by atoms with E-state index >= 15 is 0 Å². The standard InChI is InChI=1S/C5H5N/c1-5-3-2-4-6-5/h2-3H,1H3. The van der Waals surface area contributed by atoms with Crippen LogP contribution in [0.3, 0.4) is 0 Å². The van der Waals surface area contributed by atoms with Gasteiger partial charge >= 0.3 is 0 Å². The summed E-state index contributed by atoms with van der Waals surface area (Å²) in [4.78, 5) is 0. The first-order valence-corrected chi connectivity index (χ1v) is 1.86. The van der Waals surface area contributed by atoms with Crippen LogP contribution in [0.25, 0.3) is 0 Å². The molecule has 1 rings (SSSR count). The summed E-state index contributed by atoms with van der Waals surface area (Å²) in [6.45, 7) is 1.94. The van der Waals surface area contributed by atoms with Crippen LogP contribution in [-0.2, 0) is 0 Å². The highest BCUT2D eigenvalue weighted by atomic mass is 14.8. The van der Waals surface area contributed by atoms with Crippen LogP contribution >= 0.6 is 0 Å². The van der Waals surface area contributed by atoms with Gasteiger partial charge in [0.1, 0.15) is 0 Å². The van der Waals surface area contributed by atoms with Crippen molar-refractivity contribution in [2.45, 2.75) is 6.92 Å². The average molecular weight is 79.1 g/mol. The van der Waals surface area contributed by atoms with Gasteiger partial charge in [0.15, 0.2) is 0 Å². The van der Waals surface area contributed by atoms with E-state index in [0.29, 0.717) is 0 Å². The molecule has 0 aliphatic carbocycles. The summed E-state index contributed by atoms with van der Waals surface area (Å²) in [5.41, 5.74) is 1.04. The minimum atomic E-state index is 1.04. The molecule has 1 nitrogen and oxygen atoms in total. The molecule has 0 aromatic heterocycles. The molecule has 6 heavy (non-hydrogen) atoms. The third-order valence-electron chi connectivity index (χ3n) is 0.640. The van der Waals surface area contributed by atoms with E-state index in [1.165, 1.54) is 0 Å². The monoisotopic (exact) mass is 79.0 g/mol. The largest absolute Gasteiger partial charge is 0.251 e. The molecule has 0 saturated heterocycles. The van der Waals surface area contributed by atoms with E-state index in [9.17, 15) is 0 Å². The summed E-state index contributed by atoms with van der Waals surface area (Å²) >= 11 is 0. The number of hydrogen-bond acceptors (Lipinski definition) is 0. The topological polar surface area (TPSA) is 14.1 Å². The quantitative estimate of drug-likeness (QED) is 0.408. The summed E-state index contributed by atoms with van der Waals surface area (Å²) in [7, 11) is 0. The lowest BCUT2D eigenvalue weighted by molar-refractivity contribution is 1.04. The number of allylic oxidation sites excluding steroid dienone is 3. The van der Waals surface area contributed by atoms with Crippen molar-refractivity contribution in [1.82, 2.24) is 5.32 Å². The lowest BCUT2D eigenvalue weighted by Gasteiger charge is -1.80. The first-order valence-electron chi connectivity index (χ1n) is 1.86. The summed E-state index contributed by atoms with van der Waals surface area (Å²) in [6.07, 6.45) is 6.40. The molecule has 0 amide bonds. The lowest BCUT2D eigenvalue weighted by Crippen LogP contribution is -1.83. The van der Waals surface area contributed by atoms with Gasteiger partial charge in [0.05, 0.1) is 6.20 Å². The Kier molecular flexibility index (Phi) is 0.675. The van der Waals surface area contributed by atoms with Crippen LogP contribution in [0.1, 0.15) is 6.92 Å². The van der Waals surface area contributed by atoms with Crippen molar-refractivity contribution in [3.05, 3.63) is 24.0 Å². The molecule has 0 bridgehead atoms. The van der Waals surface area contributed by atoms with E-state index in [2.05, 4.69) is 11.5 Å². The third-order valence-corrected chi connectivity index (χ3v) is 0.640. The van der Waals surface area contributed by atoms with Crippen LogP contribution in [0, 0.1) is 6.20 Å². The molecule has 1 heterocycles. The zero-order valence-electron chi connectivity index (χ0n) is 3.60. The predicted octanol–water partition coefficient (Wildman–Crippen LogP) is 0.825. The minimum Gasteiger partial charge on any atom is -0.251 e. The van der Waals surface area contributed by atoms with Crippen LogP contribution in [0.4, 0.5) is 0 Å². The van der Waals surface area contributed by atoms with Gasteiger partial charge in [-0.2, -0.15) is 0 Å². The second-order valence-corrected chi connectivity index (χ2v) is 1.22. The van der Waals surface area contributed by atoms with Gasteiger partial charge in [0, 0.05) is 5.70 Å². The van der Waals surface area contributed by atoms with Gasteiger partial charge in [-0.25, -0.2) is 0 Å². The molecule has 0 atom stereocenters. The maximum Gasteiger partial charge on any atom is 0.0890 e. The lowest BCUT2D eigenvalue weighted by atomic mass is 10.5. The first kappa shape index (κ1) is 3.47. The first-order chi connectivity index (χ1) is 2.89. The van der Waals surface area contributed by atoms with E-state index in [4.69, 9.17) is 0 Å². The predicted molar refractivity (Wildman–Crippen MR) is 23.7 cm³/mol. The molecule has 0 aromatic carbocycles. The molecule has 1 aliphatic heterocycles. The second kappa shape index (κ2) is 1.17.